The number of amides is 3. The van der Waals surface area contributed by atoms with Crippen molar-refractivity contribution in [2.45, 2.75) is 0 Å². The zero-order valence-corrected chi connectivity index (χ0v) is 10.9. The average molecular weight is 288 g/mol. The highest BCUT2D eigenvalue weighted by Crippen LogP contribution is 2.16. The fraction of sp³-hybridized carbons (Fsp3) is 0. The summed E-state index contributed by atoms with van der Waals surface area (Å²) in [7, 11) is 0. The van der Waals surface area contributed by atoms with Gasteiger partial charge in [-0.3, -0.25) is 16.0 Å². The number of carbonyl (C=O) groups is 2. The van der Waals surface area contributed by atoms with Gasteiger partial charge in [0.05, 0.1) is 5.69 Å². The van der Waals surface area contributed by atoms with Crippen LogP contribution in [0.5, 0.6) is 0 Å². The molecule has 2 rings (SSSR count). The predicted octanol–water partition coefficient (Wildman–Crippen LogP) is 1.56. The van der Waals surface area contributed by atoms with E-state index in [1.807, 2.05) is 5.53 Å². The number of hydrogen-bond donors (Lipinski definition) is 3. The molecule has 0 unspecified atom stereocenters. The van der Waals surface area contributed by atoms with Gasteiger partial charge in [-0.15, -0.1) is 0 Å². The number of para-hydroxylation sites is 1. The molecule has 21 heavy (non-hydrogen) atoms. The molecule has 2 aromatic rings. The number of urea groups is 1. The first kappa shape index (κ1) is 14.6. The maximum Gasteiger partial charge on any atom is 0.344 e. The van der Waals surface area contributed by atoms with Gasteiger partial charge in [-0.2, -0.15) is 5.53 Å². The Labute approximate surface area is 120 Å². The zero-order valence-electron chi connectivity index (χ0n) is 10.9. The Morgan fingerprint density at radius 2 is 1.62 bits per heavy atom. The Balaban J connectivity index is 2.15. The summed E-state index contributed by atoms with van der Waals surface area (Å²) in [5, 5.41) is 2.82. The van der Waals surface area contributed by atoms with E-state index in [0.29, 0.717) is 10.6 Å². The van der Waals surface area contributed by atoms with Crippen LogP contribution in [-0.2, 0) is 0 Å². The number of rotatable bonds is 3. The monoisotopic (exact) mass is 288 g/mol. The van der Waals surface area contributed by atoms with Crippen LogP contribution in [0.4, 0.5) is 14.9 Å². The number of halogens is 1. The van der Waals surface area contributed by atoms with Crippen LogP contribution in [0.15, 0.2) is 54.6 Å². The summed E-state index contributed by atoms with van der Waals surface area (Å²) in [5.41, 5.74) is 2.25. The zero-order chi connectivity index (χ0) is 15.2. The highest BCUT2D eigenvalue weighted by Gasteiger charge is 2.20. The van der Waals surface area contributed by atoms with Crippen molar-refractivity contribution in [1.29, 1.82) is 0 Å². The molecule has 0 saturated heterocycles. The number of hydrazine groups is 2. The van der Waals surface area contributed by atoms with Gasteiger partial charge in [0, 0.05) is 5.56 Å². The van der Waals surface area contributed by atoms with E-state index in [0.717, 1.165) is 0 Å². The SMILES string of the molecule is NNN(C(=O)NC(=O)c1ccccc1)c1ccccc1F. The first-order chi connectivity index (χ1) is 10.1. The molecular formula is C14H13FN4O2. The molecule has 0 aliphatic heterocycles. The number of nitrogens with one attached hydrogen (secondary N) is 2. The third kappa shape index (κ3) is 3.41. The van der Waals surface area contributed by atoms with Gasteiger partial charge in [0.1, 0.15) is 5.82 Å². The number of anilines is 1. The summed E-state index contributed by atoms with van der Waals surface area (Å²) < 4.78 is 13.6. The number of hydrogen-bond acceptors (Lipinski definition) is 4. The van der Waals surface area contributed by atoms with Crippen LogP contribution in [-0.4, -0.2) is 11.9 Å². The molecule has 0 heterocycles. The van der Waals surface area contributed by atoms with E-state index >= 15 is 0 Å². The fourth-order valence-corrected chi connectivity index (χ4v) is 1.69. The Morgan fingerprint density at radius 3 is 2.24 bits per heavy atom. The third-order valence-corrected chi connectivity index (χ3v) is 2.68. The second-order valence-corrected chi connectivity index (χ2v) is 4.04. The fourth-order valence-electron chi connectivity index (χ4n) is 1.69. The Hall–Kier alpha value is -2.77. The van der Waals surface area contributed by atoms with Gasteiger partial charge >= 0.3 is 6.03 Å². The molecule has 7 heteroatoms. The van der Waals surface area contributed by atoms with Gasteiger partial charge in [-0.1, -0.05) is 30.3 Å². The lowest BCUT2D eigenvalue weighted by atomic mass is 10.2. The van der Waals surface area contributed by atoms with E-state index in [4.69, 9.17) is 5.84 Å². The largest absolute Gasteiger partial charge is 0.344 e. The Morgan fingerprint density at radius 1 is 1.00 bits per heavy atom. The second kappa shape index (κ2) is 6.60. The lowest BCUT2D eigenvalue weighted by Crippen LogP contribution is -2.53. The number of nitrogens with two attached hydrogens (primary N) is 1. The number of nitrogens with zero attached hydrogens (tertiary/aromatic N) is 1. The van der Waals surface area contributed by atoms with Crippen molar-refractivity contribution in [3.05, 3.63) is 66.0 Å². The summed E-state index contributed by atoms with van der Waals surface area (Å²) >= 11 is 0. The topological polar surface area (TPSA) is 87.5 Å². The minimum atomic E-state index is -0.892. The highest BCUT2D eigenvalue weighted by molar-refractivity contribution is 6.08. The lowest BCUT2D eigenvalue weighted by molar-refractivity contribution is 0.0965. The molecule has 0 radical (unpaired) electrons. The molecule has 0 saturated carbocycles. The van der Waals surface area contributed by atoms with Gasteiger partial charge in [-0.05, 0) is 24.3 Å². The molecular weight excluding hydrogens is 275 g/mol. The predicted molar refractivity (Wildman–Crippen MR) is 75.5 cm³/mol. The maximum atomic E-state index is 13.6. The van der Waals surface area contributed by atoms with Crippen LogP contribution in [0.3, 0.4) is 0 Å². The van der Waals surface area contributed by atoms with Gasteiger partial charge in [0.25, 0.3) is 5.91 Å². The number of carbonyl (C=O) groups excluding carboxylic acids is 2. The molecule has 0 atom stereocenters. The maximum absolute atomic E-state index is 13.6. The average Bonchev–Trinajstić information content (AvgIpc) is 2.50. The quantitative estimate of drug-likeness (QED) is 0.591. The van der Waals surface area contributed by atoms with E-state index in [-0.39, 0.29) is 5.69 Å². The smallest absolute Gasteiger partial charge is 0.272 e. The van der Waals surface area contributed by atoms with E-state index in [9.17, 15) is 14.0 Å². The van der Waals surface area contributed by atoms with Crippen molar-refractivity contribution in [3.8, 4) is 0 Å². The van der Waals surface area contributed by atoms with E-state index in [2.05, 4.69) is 5.32 Å². The molecule has 0 fully saturated rings. The van der Waals surface area contributed by atoms with Crippen LogP contribution < -0.4 is 21.7 Å². The molecule has 0 aromatic heterocycles. The summed E-state index contributed by atoms with van der Waals surface area (Å²) in [4.78, 5) is 23.9. The van der Waals surface area contributed by atoms with E-state index < -0.39 is 17.8 Å². The normalized spacial score (nSPS) is 10.0. The van der Waals surface area contributed by atoms with Crippen molar-refractivity contribution in [2.75, 3.05) is 5.01 Å². The molecule has 0 bridgehead atoms. The molecule has 6 nitrogen and oxygen atoms in total. The van der Waals surface area contributed by atoms with Crippen LogP contribution >= 0.6 is 0 Å². The van der Waals surface area contributed by atoms with E-state index in [1.54, 1.807) is 30.3 Å². The molecule has 0 aliphatic carbocycles. The van der Waals surface area contributed by atoms with E-state index in [1.165, 1.54) is 24.3 Å². The van der Waals surface area contributed by atoms with Crippen molar-refractivity contribution < 1.29 is 14.0 Å². The minimum absolute atomic E-state index is 0.0987. The number of imide groups is 1. The van der Waals surface area contributed by atoms with Crippen molar-refractivity contribution in [1.82, 2.24) is 10.9 Å². The van der Waals surface area contributed by atoms with Crippen molar-refractivity contribution in [2.24, 2.45) is 5.84 Å². The molecule has 108 valence electrons. The highest BCUT2D eigenvalue weighted by atomic mass is 19.1. The standard InChI is InChI=1S/C14H13FN4O2/c15-11-8-4-5-9-12(11)19(18-16)14(21)17-13(20)10-6-2-1-3-7-10/h1-9,18H,16H2,(H,17,20,21). The van der Waals surface area contributed by atoms with Gasteiger partial charge in [0.2, 0.25) is 0 Å². The summed E-state index contributed by atoms with van der Waals surface area (Å²) in [6.07, 6.45) is 0. The number of benzene rings is 2. The first-order valence-corrected chi connectivity index (χ1v) is 6.04. The van der Waals surface area contributed by atoms with Crippen molar-refractivity contribution in [3.63, 3.8) is 0 Å². The third-order valence-electron chi connectivity index (χ3n) is 2.68. The Kier molecular flexibility index (Phi) is 4.60. The van der Waals surface area contributed by atoms with Crippen molar-refractivity contribution >= 4 is 17.6 Å². The summed E-state index contributed by atoms with van der Waals surface area (Å²) in [6, 6.07) is 12.8. The Bertz CT molecular complexity index is 648. The minimum Gasteiger partial charge on any atom is -0.272 e. The summed E-state index contributed by atoms with van der Waals surface area (Å²) in [5.74, 6) is 3.96. The van der Waals surface area contributed by atoms with Gasteiger partial charge < -0.3 is 0 Å². The molecule has 4 N–H and O–H groups in total. The van der Waals surface area contributed by atoms with Crippen LogP contribution in [0.2, 0.25) is 0 Å². The lowest BCUT2D eigenvalue weighted by Gasteiger charge is -2.21. The van der Waals surface area contributed by atoms with Crippen LogP contribution in [0, 0.1) is 5.82 Å². The van der Waals surface area contributed by atoms with Gasteiger partial charge in [0.15, 0.2) is 0 Å². The first-order valence-electron chi connectivity index (χ1n) is 6.04. The second-order valence-electron chi connectivity index (χ2n) is 4.04. The van der Waals surface area contributed by atoms with Crippen LogP contribution in [0.25, 0.3) is 0 Å². The molecule has 0 spiro atoms. The van der Waals surface area contributed by atoms with Crippen LogP contribution in [0.1, 0.15) is 10.4 Å². The summed E-state index contributed by atoms with van der Waals surface area (Å²) in [6.45, 7) is 0. The molecule has 3 amide bonds. The van der Waals surface area contributed by atoms with Gasteiger partial charge in [-0.25, -0.2) is 14.2 Å². The molecule has 2 aromatic carbocycles. The molecule has 0 aliphatic rings.